The quantitative estimate of drug-likeness (QED) is 0.284. The van der Waals surface area contributed by atoms with Crippen LogP contribution in [-0.4, -0.2) is 10.4 Å². The van der Waals surface area contributed by atoms with Gasteiger partial charge in [0.25, 0.3) is 0 Å². The van der Waals surface area contributed by atoms with E-state index in [4.69, 9.17) is 0 Å². The van der Waals surface area contributed by atoms with Gasteiger partial charge in [0.2, 0.25) is 0 Å². The van der Waals surface area contributed by atoms with E-state index in [0.717, 1.165) is 17.7 Å². The molecule has 0 saturated carbocycles. The summed E-state index contributed by atoms with van der Waals surface area (Å²) in [6.07, 6.45) is 0.413. The lowest BCUT2D eigenvalue weighted by molar-refractivity contribution is 0.0993. The summed E-state index contributed by atoms with van der Waals surface area (Å²) in [7, 11) is 0. The minimum absolute atomic E-state index is 0.153. The van der Waals surface area contributed by atoms with Crippen LogP contribution in [0.1, 0.15) is 28.4 Å². The summed E-state index contributed by atoms with van der Waals surface area (Å²) in [5, 5.41) is 2.46. The Bertz CT molecular complexity index is 1410. The van der Waals surface area contributed by atoms with Crippen molar-refractivity contribution in [2.45, 2.75) is 26.8 Å². The molecule has 2 heteroatoms. The van der Waals surface area contributed by atoms with Crippen LogP contribution < -0.4 is 0 Å². The molecular weight excluding hydrogens is 378 g/mol. The van der Waals surface area contributed by atoms with Crippen molar-refractivity contribution in [2.75, 3.05) is 0 Å². The van der Waals surface area contributed by atoms with Crippen molar-refractivity contribution in [1.82, 2.24) is 4.57 Å². The zero-order valence-electron chi connectivity index (χ0n) is 17.9. The number of ketones is 1. The van der Waals surface area contributed by atoms with Gasteiger partial charge in [-0.1, -0.05) is 66.7 Å². The Kier molecular flexibility index (Phi) is 4.91. The molecule has 0 aliphatic carbocycles. The first-order valence-corrected chi connectivity index (χ1v) is 10.8. The largest absolute Gasteiger partial charge is 0.341 e. The number of hydrogen-bond donors (Lipinski definition) is 0. The molecule has 31 heavy (non-hydrogen) atoms. The Morgan fingerprint density at radius 3 is 2.19 bits per heavy atom. The summed E-state index contributed by atoms with van der Waals surface area (Å²) in [5.74, 6) is 0.153. The van der Waals surface area contributed by atoms with Gasteiger partial charge in [-0.25, -0.2) is 0 Å². The molecule has 0 unspecified atom stereocenters. The van der Waals surface area contributed by atoms with Crippen molar-refractivity contribution in [3.63, 3.8) is 0 Å². The number of carbonyl (C=O) groups is 1. The third-order valence-electron chi connectivity index (χ3n) is 6.16. The standard InChI is InChI=1S/C29H25NO/c1-3-30-27-15-13-21(18-29(31)22-10-5-4-6-11-22)17-25(27)26-19-23(14-16-28(26)30)24-12-8-7-9-20(24)2/h4-17,19H,3,18H2,1-2H3. The number of aryl methyl sites for hydroxylation is 2. The number of hydrogen-bond acceptors (Lipinski definition) is 1. The van der Waals surface area contributed by atoms with Gasteiger partial charge in [-0.15, -0.1) is 0 Å². The van der Waals surface area contributed by atoms with E-state index in [9.17, 15) is 4.79 Å². The van der Waals surface area contributed by atoms with Crippen LogP contribution in [0.25, 0.3) is 32.9 Å². The smallest absolute Gasteiger partial charge is 0.167 e. The SMILES string of the molecule is CCn1c2ccc(CC(=O)c3ccccc3)cc2c2cc(-c3ccccc3C)ccc21. The van der Waals surface area contributed by atoms with Gasteiger partial charge in [-0.3, -0.25) is 4.79 Å². The Balaban J connectivity index is 1.64. The predicted molar refractivity (Wildman–Crippen MR) is 130 cm³/mol. The average Bonchev–Trinajstić information content (AvgIpc) is 3.12. The third-order valence-corrected chi connectivity index (χ3v) is 6.16. The second-order valence-corrected chi connectivity index (χ2v) is 8.11. The number of fused-ring (bicyclic) bond motifs is 3. The molecule has 0 spiro atoms. The highest BCUT2D eigenvalue weighted by atomic mass is 16.1. The first-order valence-electron chi connectivity index (χ1n) is 10.8. The summed E-state index contributed by atoms with van der Waals surface area (Å²) in [6.45, 7) is 5.25. The van der Waals surface area contributed by atoms with Gasteiger partial charge in [-0.05, 0) is 60.4 Å². The van der Waals surface area contributed by atoms with Gasteiger partial charge in [0.1, 0.15) is 0 Å². The van der Waals surface area contributed by atoms with Gasteiger partial charge in [-0.2, -0.15) is 0 Å². The fourth-order valence-corrected chi connectivity index (χ4v) is 4.58. The van der Waals surface area contributed by atoms with Crippen LogP contribution in [0.5, 0.6) is 0 Å². The lowest BCUT2D eigenvalue weighted by atomic mass is 9.98. The van der Waals surface area contributed by atoms with E-state index in [-0.39, 0.29) is 5.78 Å². The first-order chi connectivity index (χ1) is 15.2. The zero-order chi connectivity index (χ0) is 21.4. The Morgan fingerprint density at radius 2 is 1.45 bits per heavy atom. The lowest BCUT2D eigenvalue weighted by Gasteiger charge is -2.07. The first kappa shape index (κ1) is 19.3. The fourth-order valence-electron chi connectivity index (χ4n) is 4.58. The molecule has 0 radical (unpaired) electrons. The molecule has 5 rings (SSSR count). The van der Waals surface area contributed by atoms with Crippen LogP contribution in [0, 0.1) is 6.92 Å². The minimum Gasteiger partial charge on any atom is -0.341 e. The van der Waals surface area contributed by atoms with Gasteiger partial charge < -0.3 is 4.57 Å². The normalized spacial score (nSPS) is 11.3. The van der Waals surface area contributed by atoms with E-state index in [1.54, 1.807) is 0 Å². The molecule has 5 aromatic rings. The Hall–Kier alpha value is -3.65. The van der Waals surface area contributed by atoms with Crippen LogP contribution in [-0.2, 0) is 13.0 Å². The zero-order valence-corrected chi connectivity index (χ0v) is 17.9. The molecule has 0 atom stereocenters. The van der Waals surface area contributed by atoms with Gasteiger partial charge in [0.05, 0.1) is 0 Å². The van der Waals surface area contributed by atoms with Crippen molar-refractivity contribution in [3.05, 3.63) is 108 Å². The van der Waals surface area contributed by atoms with Crippen molar-refractivity contribution < 1.29 is 4.79 Å². The minimum atomic E-state index is 0.153. The third kappa shape index (κ3) is 3.44. The van der Waals surface area contributed by atoms with E-state index < -0.39 is 0 Å². The summed E-state index contributed by atoms with van der Waals surface area (Å²) in [6, 6.07) is 31.3. The van der Waals surface area contributed by atoms with Crippen LogP contribution in [0.2, 0.25) is 0 Å². The lowest BCUT2D eigenvalue weighted by Crippen LogP contribution is -2.03. The summed E-state index contributed by atoms with van der Waals surface area (Å²) < 4.78 is 2.36. The number of Topliss-reactive ketones (excluding diaryl/α,β-unsaturated/α-hetero) is 1. The maximum absolute atomic E-state index is 12.7. The second kappa shape index (κ2) is 7.88. The van der Waals surface area contributed by atoms with E-state index >= 15 is 0 Å². The van der Waals surface area contributed by atoms with Crippen LogP contribution in [0.15, 0.2) is 91.0 Å². The topological polar surface area (TPSA) is 22.0 Å². The molecule has 4 aromatic carbocycles. The fraction of sp³-hybridized carbons (Fsp3) is 0.138. The molecule has 0 N–H and O–H groups in total. The molecule has 1 aromatic heterocycles. The van der Waals surface area contributed by atoms with Gasteiger partial charge >= 0.3 is 0 Å². The van der Waals surface area contributed by atoms with E-state index in [1.807, 2.05) is 30.3 Å². The molecule has 2 nitrogen and oxygen atoms in total. The summed E-state index contributed by atoms with van der Waals surface area (Å²) in [5.41, 5.74) is 8.04. The van der Waals surface area contributed by atoms with Crippen LogP contribution in [0.3, 0.4) is 0 Å². The van der Waals surface area contributed by atoms with E-state index in [1.165, 1.54) is 38.5 Å². The molecule has 1 heterocycles. The summed E-state index contributed by atoms with van der Waals surface area (Å²) >= 11 is 0. The second-order valence-electron chi connectivity index (χ2n) is 8.11. The highest BCUT2D eigenvalue weighted by Crippen LogP contribution is 2.34. The van der Waals surface area contributed by atoms with Gasteiger partial charge in [0, 0.05) is 40.3 Å². The van der Waals surface area contributed by atoms with Crippen LogP contribution >= 0.6 is 0 Å². The maximum Gasteiger partial charge on any atom is 0.167 e. The number of benzene rings is 4. The molecule has 0 bridgehead atoms. The number of nitrogens with zero attached hydrogens (tertiary/aromatic N) is 1. The Morgan fingerprint density at radius 1 is 0.774 bits per heavy atom. The molecule has 0 amide bonds. The molecule has 0 fully saturated rings. The van der Waals surface area contributed by atoms with Crippen molar-refractivity contribution in [3.8, 4) is 11.1 Å². The summed E-state index contributed by atoms with van der Waals surface area (Å²) in [4.78, 5) is 12.7. The highest BCUT2D eigenvalue weighted by molar-refractivity contribution is 6.10. The monoisotopic (exact) mass is 403 g/mol. The van der Waals surface area contributed by atoms with Gasteiger partial charge in [0.15, 0.2) is 5.78 Å². The number of aromatic nitrogens is 1. The van der Waals surface area contributed by atoms with E-state index in [2.05, 4.69) is 79.1 Å². The van der Waals surface area contributed by atoms with Crippen LogP contribution in [0.4, 0.5) is 0 Å². The molecule has 0 aliphatic heterocycles. The average molecular weight is 404 g/mol. The molecular formula is C29H25NO. The van der Waals surface area contributed by atoms with Crippen molar-refractivity contribution >= 4 is 27.6 Å². The van der Waals surface area contributed by atoms with Crippen molar-refractivity contribution in [1.29, 1.82) is 0 Å². The Labute approximate surface area is 182 Å². The predicted octanol–water partition coefficient (Wildman–Crippen LogP) is 7.22. The molecule has 152 valence electrons. The number of carbonyl (C=O) groups excluding carboxylic acids is 1. The maximum atomic E-state index is 12.7. The number of rotatable bonds is 5. The van der Waals surface area contributed by atoms with E-state index in [0.29, 0.717) is 6.42 Å². The highest BCUT2D eigenvalue weighted by Gasteiger charge is 2.14. The molecule has 0 saturated heterocycles. The molecule has 0 aliphatic rings. The van der Waals surface area contributed by atoms with Crippen molar-refractivity contribution in [2.24, 2.45) is 0 Å².